The van der Waals surface area contributed by atoms with Crippen LogP contribution in [0.15, 0.2) is 23.3 Å². The Morgan fingerprint density at radius 3 is 2.05 bits per heavy atom. The summed E-state index contributed by atoms with van der Waals surface area (Å²) in [5.41, 5.74) is -1.73. The lowest BCUT2D eigenvalue weighted by Gasteiger charge is -2.60. The minimum Gasteiger partial charge on any atom is -0.393 e. The van der Waals surface area contributed by atoms with Crippen molar-refractivity contribution in [2.75, 3.05) is 6.61 Å². The van der Waals surface area contributed by atoms with E-state index in [0.29, 0.717) is 24.8 Å². The first-order valence-electron chi connectivity index (χ1n) is 17.6. The van der Waals surface area contributed by atoms with Gasteiger partial charge in [0.2, 0.25) is 0 Å². The molecule has 4 aliphatic rings. The van der Waals surface area contributed by atoms with Gasteiger partial charge in [-0.2, -0.15) is 0 Å². The van der Waals surface area contributed by atoms with Crippen LogP contribution >= 0.6 is 0 Å². The van der Waals surface area contributed by atoms with Crippen molar-refractivity contribution in [1.29, 1.82) is 0 Å². The number of Topliss-reactive ketones (excluding diaryl/α,β-unsaturated/α-hetero) is 2. The van der Waals surface area contributed by atoms with Gasteiger partial charge in [0.25, 0.3) is 0 Å². The van der Waals surface area contributed by atoms with E-state index in [9.17, 15) is 29.7 Å². The Labute approximate surface area is 259 Å². The van der Waals surface area contributed by atoms with E-state index in [1.54, 1.807) is 6.08 Å². The fraction of sp³-hybridized carbons (Fsp3) is 0.811. The summed E-state index contributed by atoms with van der Waals surface area (Å²) >= 11 is 0. The normalized spacial score (nSPS) is 35.1. The molecule has 0 aromatic carbocycles. The second kappa shape index (κ2) is 14.6. The van der Waals surface area contributed by atoms with Crippen molar-refractivity contribution in [3.63, 3.8) is 0 Å². The molecule has 0 aromatic rings. The van der Waals surface area contributed by atoms with Gasteiger partial charge in [0.1, 0.15) is 12.2 Å². The lowest BCUT2D eigenvalue weighted by molar-refractivity contribution is -0.179. The highest BCUT2D eigenvalue weighted by Crippen LogP contribution is 2.68. The molecule has 0 amide bonds. The number of allylic oxidation sites excluding steroid dienone is 4. The van der Waals surface area contributed by atoms with Crippen LogP contribution in [0.1, 0.15) is 143 Å². The fourth-order valence-corrected chi connectivity index (χ4v) is 9.85. The van der Waals surface area contributed by atoms with Gasteiger partial charge in [-0.1, -0.05) is 103 Å². The molecule has 0 saturated heterocycles. The monoisotopic (exact) mass is 598 g/mol. The van der Waals surface area contributed by atoms with Crippen LogP contribution in [0.4, 0.5) is 0 Å². The maximum Gasteiger partial charge on any atom is 0.190 e. The van der Waals surface area contributed by atoms with Crippen LogP contribution in [-0.4, -0.2) is 51.0 Å². The molecule has 0 heterocycles. The third kappa shape index (κ3) is 6.67. The number of rotatable bonds is 17. The average molecular weight is 599 g/mol. The Bertz CT molecular complexity index is 1070. The number of unbranched alkanes of at least 4 members (excludes halogenated alkanes) is 12. The van der Waals surface area contributed by atoms with E-state index < -0.39 is 34.9 Å². The third-order valence-corrected chi connectivity index (χ3v) is 12.3. The van der Waals surface area contributed by atoms with E-state index in [2.05, 4.69) is 6.92 Å². The highest BCUT2D eigenvalue weighted by Gasteiger charge is 2.68. The van der Waals surface area contributed by atoms with Crippen molar-refractivity contribution in [3.05, 3.63) is 23.3 Å². The van der Waals surface area contributed by atoms with Crippen molar-refractivity contribution >= 4 is 17.3 Å². The summed E-state index contributed by atoms with van der Waals surface area (Å²) in [6.45, 7) is 5.48. The fourth-order valence-electron chi connectivity index (χ4n) is 9.85. The molecule has 4 aliphatic carbocycles. The molecule has 4 rings (SSSR count). The van der Waals surface area contributed by atoms with Gasteiger partial charge < -0.3 is 15.3 Å². The predicted octanol–water partition coefficient (Wildman–Crippen LogP) is 6.98. The molecule has 7 atom stereocenters. The van der Waals surface area contributed by atoms with Crippen LogP contribution in [0.25, 0.3) is 0 Å². The number of carbonyl (C=O) groups is 3. The maximum atomic E-state index is 13.8. The molecule has 6 heteroatoms. The zero-order valence-corrected chi connectivity index (χ0v) is 27.2. The molecule has 1 unspecified atom stereocenters. The van der Waals surface area contributed by atoms with E-state index >= 15 is 0 Å². The number of hydrogen-bond donors (Lipinski definition) is 3. The highest BCUT2D eigenvalue weighted by atomic mass is 16.3. The van der Waals surface area contributed by atoms with Gasteiger partial charge in [-0.3, -0.25) is 14.4 Å². The van der Waals surface area contributed by atoms with Crippen molar-refractivity contribution in [1.82, 2.24) is 0 Å². The summed E-state index contributed by atoms with van der Waals surface area (Å²) in [5, 5.41) is 32.9. The van der Waals surface area contributed by atoms with Gasteiger partial charge in [-0.05, 0) is 62.5 Å². The van der Waals surface area contributed by atoms with Crippen molar-refractivity contribution in [2.45, 2.75) is 154 Å². The lowest BCUT2D eigenvalue weighted by atomic mass is 9.44. The molecule has 3 N–H and O–H groups in total. The van der Waals surface area contributed by atoms with Crippen molar-refractivity contribution < 1.29 is 29.7 Å². The molecule has 0 aliphatic heterocycles. The van der Waals surface area contributed by atoms with Crippen molar-refractivity contribution in [2.24, 2.45) is 28.6 Å². The first-order chi connectivity index (χ1) is 20.5. The number of carbonyl (C=O) groups excluding carboxylic acids is 3. The van der Waals surface area contributed by atoms with Crippen LogP contribution in [-0.2, 0) is 14.4 Å². The molecule has 0 radical (unpaired) electrons. The summed E-state index contributed by atoms with van der Waals surface area (Å²) in [5.74, 6) is -0.940. The van der Waals surface area contributed by atoms with Crippen LogP contribution in [0, 0.1) is 28.6 Å². The van der Waals surface area contributed by atoms with Crippen LogP contribution in [0.3, 0.4) is 0 Å². The van der Waals surface area contributed by atoms with Crippen LogP contribution < -0.4 is 0 Å². The quantitative estimate of drug-likeness (QED) is 0.156. The first-order valence-corrected chi connectivity index (χ1v) is 17.6. The maximum absolute atomic E-state index is 13.8. The first kappa shape index (κ1) is 34.2. The molecule has 0 spiro atoms. The number of ketones is 3. The highest BCUT2D eigenvalue weighted by molar-refractivity contribution is 6.10. The smallest absolute Gasteiger partial charge is 0.190 e. The minimum atomic E-state index is -1.65. The van der Waals surface area contributed by atoms with Gasteiger partial charge in [0.15, 0.2) is 17.3 Å². The second-order valence-corrected chi connectivity index (χ2v) is 14.8. The number of aliphatic hydroxyl groups is 3. The minimum absolute atomic E-state index is 0.00480. The van der Waals surface area contributed by atoms with E-state index in [1.165, 1.54) is 70.3 Å². The number of aliphatic hydroxyl groups excluding tert-OH is 2. The van der Waals surface area contributed by atoms with Crippen LogP contribution in [0.2, 0.25) is 0 Å². The lowest BCUT2D eigenvalue weighted by Crippen LogP contribution is -2.62. The number of fused-ring (bicyclic) bond motifs is 5. The molecule has 6 nitrogen and oxygen atoms in total. The Morgan fingerprint density at radius 1 is 0.884 bits per heavy atom. The second-order valence-electron chi connectivity index (χ2n) is 14.8. The van der Waals surface area contributed by atoms with Gasteiger partial charge in [0, 0.05) is 28.7 Å². The van der Waals surface area contributed by atoms with Gasteiger partial charge >= 0.3 is 0 Å². The Kier molecular flexibility index (Phi) is 11.7. The van der Waals surface area contributed by atoms with E-state index in [4.69, 9.17) is 0 Å². The summed E-state index contributed by atoms with van der Waals surface area (Å²) in [4.78, 5) is 39.3. The zero-order valence-electron chi connectivity index (χ0n) is 27.2. The van der Waals surface area contributed by atoms with E-state index in [1.807, 2.05) is 13.8 Å². The zero-order chi connectivity index (χ0) is 31.3. The molecule has 43 heavy (non-hydrogen) atoms. The van der Waals surface area contributed by atoms with Crippen molar-refractivity contribution in [3.8, 4) is 0 Å². The molecule has 3 saturated carbocycles. The van der Waals surface area contributed by atoms with E-state index in [-0.39, 0.29) is 42.2 Å². The summed E-state index contributed by atoms with van der Waals surface area (Å²) in [6, 6.07) is 0. The van der Waals surface area contributed by atoms with E-state index in [0.717, 1.165) is 31.3 Å². The van der Waals surface area contributed by atoms with Gasteiger partial charge in [0.05, 0.1) is 6.10 Å². The predicted molar refractivity (Wildman–Crippen MR) is 169 cm³/mol. The molecular formula is C37H58O6. The molecule has 0 aromatic heterocycles. The van der Waals surface area contributed by atoms with Crippen LogP contribution in [0.5, 0.6) is 0 Å². The molecule has 3 fully saturated rings. The summed E-state index contributed by atoms with van der Waals surface area (Å²) < 4.78 is 0. The van der Waals surface area contributed by atoms with Gasteiger partial charge in [-0.25, -0.2) is 0 Å². The standard InChI is InChI=1S/C37H58O6/c1-4-5-6-7-8-9-10-11-12-13-14-15-16-17-31(40)30-23-27(39)22-26-18-19-28-29-20-21-37(43,33(42)25-38)35(29,2)24-32(41)34(28)36(26,30)3/h22-23,28-29,32,34,38,41,43H,4-21,24-25H2,1-3H3/t28-,29-,32?,34+,35-,36+,37-/m0/s1. The summed E-state index contributed by atoms with van der Waals surface area (Å²) in [7, 11) is 0. The SMILES string of the molecule is CCCCCCCCCCCCCCCC(=O)C1=CC(=O)C=C2CC[C@@H]3[C@H](C(O)C[C@@]4(C)[C@H]3CC[C@]4(O)C(=O)CO)[C@]21C. The molecule has 242 valence electrons. The molecule has 0 bridgehead atoms. The number of hydrogen-bond acceptors (Lipinski definition) is 6. The Balaban J connectivity index is 1.34. The Hall–Kier alpha value is -1.63. The van der Waals surface area contributed by atoms with Gasteiger partial charge in [-0.15, -0.1) is 0 Å². The third-order valence-electron chi connectivity index (χ3n) is 12.3. The average Bonchev–Trinajstić information content (AvgIpc) is 3.25. The topological polar surface area (TPSA) is 112 Å². The Morgan fingerprint density at radius 2 is 1.47 bits per heavy atom. The largest absolute Gasteiger partial charge is 0.393 e. The molecular weight excluding hydrogens is 540 g/mol. The summed E-state index contributed by atoms with van der Waals surface area (Å²) in [6.07, 6.45) is 21.5.